The Labute approximate surface area is 163 Å². The minimum Gasteiger partial charge on any atom is -0.489 e. The van der Waals surface area contributed by atoms with Crippen molar-refractivity contribution in [3.8, 4) is 23.1 Å². The monoisotopic (exact) mass is 372 g/mol. The Bertz CT molecular complexity index is 1050. The molecule has 1 aromatic heterocycles. The smallest absolute Gasteiger partial charge is 0.337 e. The van der Waals surface area contributed by atoms with Crippen LogP contribution < -0.4 is 4.74 Å². The normalized spacial score (nSPS) is 11.5. The lowest BCUT2D eigenvalue weighted by Crippen LogP contribution is -2.15. The number of hydrogen-bond donors (Lipinski definition) is 1. The van der Waals surface area contributed by atoms with Crippen LogP contribution in [-0.2, 0) is 6.42 Å². The lowest BCUT2D eigenvalue weighted by atomic mass is 10.0. The van der Waals surface area contributed by atoms with Gasteiger partial charge in [-0.15, -0.1) is 0 Å². The van der Waals surface area contributed by atoms with Gasteiger partial charge in [0.15, 0.2) is 0 Å². The van der Waals surface area contributed by atoms with Crippen molar-refractivity contribution < 1.29 is 14.6 Å². The summed E-state index contributed by atoms with van der Waals surface area (Å²) in [5.74, 6) is -0.590. The SMILES string of the molecule is Cc1cccc(CC(C)Oc2ccc(-c3ncccc3C(=O)O)cc2C#N)c1. The summed E-state index contributed by atoms with van der Waals surface area (Å²) in [6.07, 6.45) is 2.13. The summed E-state index contributed by atoms with van der Waals surface area (Å²) in [5, 5.41) is 18.9. The van der Waals surface area contributed by atoms with E-state index in [1.54, 1.807) is 24.3 Å². The van der Waals surface area contributed by atoms with Crippen LogP contribution in [0.3, 0.4) is 0 Å². The molecule has 0 spiro atoms. The van der Waals surface area contributed by atoms with Crippen LogP contribution in [0.25, 0.3) is 11.3 Å². The van der Waals surface area contributed by atoms with Gasteiger partial charge in [0.1, 0.15) is 11.8 Å². The highest BCUT2D eigenvalue weighted by Gasteiger charge is 2.16. The van der Waals surface area contributed by atoms with Crippen molar-refractivity contribution in [3.05, 3.63) is 83.0 Å². The van der Waals surface area contributed by atoms with Crippen molar-refractivity contribution >= 4 is 5.97 Å². The third-order valence-corrected chi connectivity index (χ3v) is 4.35. The average molecular weight is 372 g/mol. The molecule has 0 saturated carbocycles. The van der Waals surface area contributed by atoms with Gasteiger partial charge < -0.3 is 9.84 Å². The van der Waals surface area contributed by atoms with Crippen LogP contribution in [0.5, 0.6) is 5.75 Å². The molecule has 2 aromatic carbocycles. The summed E-state index contributed by atoms with van der Waals surface area (Å²) in [6.45, 7) is 4.00. The molecule has 3 aromatic rings. The van der Waals surface area contributed by atoms with E-state index in [4.69, 9.17) is 4.74 Å². The number of aryl methyl sites for hydroxylation is 1. The van der Waals surface area contributed by atoms with Crippen molar-refractivity contribution in [2.45, 2.75) is 26.4 Å². The maximum Gasteiger partial charge on any atom is 0.337 e. The van der Waals surface area contributed by atoms with Crippen molar-refractivity contribution in [1.29, 1.82) is 5.26 Å². The van der Waals surface area contributed by atoms with E-state index in [-0.39, 0.29) is 11.7 Å². The fraction of sp³-hybridized carbons (Fsp3) is 0.174. The Hall–Kier alpha value is -3.65. The number of aromatic carboxylic acids is 1. The van der Waals surface area contributed by atoms with E-state index < -0.39 is 5.97 Å². The number of nitriles is 1. The fourth-order valence-electron chi connectivity index (χ4n) is 3.10. The fourth-order valence-corrected chi connectivity index (χ4v) is 3.10. The largest absolute Gasteiger partial charge is 0.489 e. The van der Waals surface area contributed by atoms with Gasteiger partial charge in [0.05, 0.1) is 22.9 Å². The maximum absolute atomic E-state index is 11.4. The summed E-state index contributed by atoms with van der Waals surface area (Å²) in [4.78, 5) is 15.6. The molecule has 0 bridgehead atoms. The number of aromatic nitrogens is 1. The Kier molecular flexibility index (Phi) is 5.71. The van der Waals surface area contributed by atoms with Gasteiger partial charge in [-0.1, -0.05) is 29.8 Å². The molecule has 0 amide bonds. The second-order valence-corrected chi connectivity index (χ2v) is 6.65. The number of ether oxygens (including phenoxy) is 1. The third kappa shape index (κ3) is 4.36. The van der Waals surface area contributed by atoms with Gasteiger partial charge in [-0.3, -0.25) is 4.98 Å². The molecule has 1 unspecified atom stereocenters. The predicted molar refractivity (Wildman–Crippen MR) is 106 cm³/mol. The van der Waals surface area contributed by atoms with Gasteiger partial charge in [-0.05, 0) is 49.7 Å². The highest BCUT2D eigenvalue weighted by atomic mass is 16.5. The van der Waals surface area contributed by atoms with E-state index >= 15 is 0 Å². The molecule has 1 heterocycles. The molecular weight excluding hydrogens is 352 g/mol. The number of hydrogen-bond acceptors (Lipinski definition) is 4. The Morgan fingerprint density at radius 1 is 1.21 bits per heavy atom. The standard InChI is InChI=1S/C23H20N2O3/c1-15-5-3-6-17(11-15)12-16(2)28-21-9-8-18(13-19(21)14-24)22-20(23(26)27)7-4-10-25-22/h3-11,13,16H,12H2,1-2H3,(H,26,27). The lowest BCUT2D eigenvalue weighted by molar-refractivity contribution is 0.0697. The molecule has 28 heavy (non-hydrogen) atoms. The highest BCUT2D eigenvalue weighted by Crippen LogP contribution is 2.28. The number of nitrogens with zero attached hydrogens (tertiary/aromatic N) is 2. The van der Waals surface area contributed by atoms with E-state index in [2.05, 4.69) is 23.2 Å². The summed E-state index contributed by atoms with van der Waals surface area (Å²) in [5.41, 5.74) is 3.68. The number of carboxylic acids is 1. The molecule has 140 valence electrons. The van der Waals surface area contributed by atoms with Gasteiger partial charge >= 0.3 is 5.97 Å². The molecule has 5 heteroatoms. The maximum atomic E-state index is 11.4. The van der Waals surface area contributed by atoms with Crippen LogP contribution >= 0.6 is 0 Å². The molecule has 0 aliphatic rings. The summed E-state index contributed by atoms with van der Waals surface area (Å²) in [6, 6.07) is 18.5. The van der Waals surface area contributed by atoms with Gasteiger partial charge in [0.2, 0.25) is 0 Å². The second kappa shape index (κ2) is 8.36. The second-order valence-electron chi connectivity index (χ2n) is 6.65. The van der Waals surface area contributed by atoms with Gasteiger partial charge in [-0.2, -0.15) is 5.26 Å². The topological polar surface area (TPSA) is 83.2 Å². The van der Waals surface area contributed by atoms with E-state index in [0.717, 1.165) is 6.42 Å². The number of carbonyl (C=O) groups is 1. The molecule has 1 atom stereocenters. The van der Waals surface area contributed by atoms with E-state index in [0.29, 0.717) is 22.6 Å². The molecule has 0 radical (unpaired) electrons. The Morgan fingerprint density at radius 2 is 2.04 bits per heavy atom. The summed E-state index contributed by atoms with van der Waals surface area (Å²) < 4.78 is 5.99. The Balaban J connectivity index is 1.84. The molecule has 5 nitrogen and oxygen atoms in total. The van der Waals surface area contributed by atoms with Gasteiger partial charge in [0, 0.05) is 18.2 Å². The highest BCUT2D eigenvalue weighted by molar-refractivity contribution is 5.94. The van der Waals surface area contributed by atoms with E-state index in [1.165, 1.54) is 23.4 Å². The van der Waals surface area contributed by atoms with Crippen LogP contribution in [-0.4, -0.2) is 22.2 Å². The molecule has 0 aliphatic carbocycles. The van der Waals surface area contributed by atoms with E-state index in [9.17, 15) is 15.2 Å². The van der Waals surface area contributed by atoms with E-state index in [1.807, 2.05) is 26.0 Å². The summed E-state index contributed by atoms with van der Waals surface area (Å²) >= 11 is 0. The van der Waals surface area contributed by atoms with Crippen molar-refractivity contribution in [3.63, 3.8) is 0 Å². The van der Waals surface area contributed by atoms with Crippen LogP contribution in [0.1, 0.15) is 34.0 Å². The lowest BCUT2D eigenvalue weighted by Gasteiger charge is -2.17. The van der Waals surface area contributed by atoms with Crippen molar-refractivity contribution in [1.82, 2.24) is 4.98 Å². The first-order valence-corrected chi connectivity index (χ1v) is 8.93. The average Bonchev–Trinajstić information content (AvgIpc) is 2.68. The Morgan fingerprint density at radius 3 is 2.75 bits per heavy atom. The molecule has 3 rings (SSSR count). The van der Waals surface area contributed by atoms with Gasteiger partial charge in [-0.25, -0.2) is 4.79 Å². The first-order valence-electron chi connectivity index (χ1n) is 8.93. The molecule has 0 saturated heterocycles. The molecule has 0 fully saturated rings. The number of carboxylic acid groups (broad SMARTS) is 1. The van der Waals surface area contributed by atoms with Crippen LogP contribution in [0.15, 0.2) is 60.8 Å². The van der Waals surface area contributed by atoms with Crippen LogP contribution in [0, 0.1) is 18.3 Å². The first kappa shape index (κ1) is 19.1. The zero-order chi connectivity index (χ0) is 20.1. The molecule has 1 N–H and O–H groups in total. The number of benzene rings is 2. The minimum absolute atomic E-state index is 0.0906. The number of rotatable bonds is 6. The molecule has 0 aliphatic heterocycles. The van der Waals surface area contributed by atoms with Crippen molar-refractivity contribution in [2.75, 3.05) is 0 Å². The quantitative estimate of drug-likeness (QED) is 0.682. The van der Waals surface area contributed by atoms with Crippen LogP contribution in [0.2, 0.25) is 0 Å². The van der Waals surface area contributed by atoms with Gasteiger partial charge in [0.25, 0.3) is 0 Å². The molecular formula is C23H20N2O3. The number of pyridine rings is 1. The first-order chi connectivity index (χ1) is 13.5. The third-order valence-electron chi connectivity index (χ3n) is 4.35. The van der Waals surface area contributed by atoms with Crippen LogP contribution in [0.4, 0.5) is 0 Å². The zero-order valence-electron chi connectivity index (χ0n) is 15.7. The summed E-state index contributed by atoms with van der Waals surface area (Å²) in [7, 11) is 0. The van der Waals surface area contributed by atoms with Crippen molar-refractivity contribution in [2.24, 2.45) is 0 Å². The minimum atomic E-state index is -1.06. The predicted octanol–water partition coefficient (Wildman–Crippen LogP) is 4.64. The zero-order valence-corrected chi connectivity index (χ0v) is 15.7.